The van der Waals surface area contributed by atoms with Crippen molar-refractivity contribution in [2.75, 3.05) is 25.5 Å². The highest BCUT2D eigenvalue weighted by atomic mass is 35.5. The molecule has 0 saturated carbocycles. The largest absolute Gasteiger partial charge is 0.339 e. The number of carbonyl (C=O) groups excluding carboxylic acids is 1. The SMILES string of the molecule is CC(C)N(C[C@H]1CCCN(Cc2ccccc2)C1)C(=O)CCl. The molecule has 1 saturated heterocycles. The molecule has 122 valence electrons. The first-order chi connectivity index (χ1) is 10.6. The number of amides is 1. The number of rotatable bonds is 6. The van der Waals surface area contributed by atoms with E-state index in [-0.39, 0.29) is 17.8 Å². The Labute approximate surface area is 139 Å². The fourth-order valence-corrected chi connectivity index (χ4v) is 3.39. The topological polar surface area (TPSA) is 23.6 Å². The van der Waals surface area contributed by atoms with E-state index in [0.29, 0.717) is 5.92 Å². The molecule has 1 amide bonds. The number of nitrogens with zero attached hydrogens (tertiary/aromatic N) is 2. The molecule has 22 heavy (non-hydrogen) atoms. The van der Waals surface area contributed by atoms with E-state index in [1.165, 1.54) is 18.4 Å². The van der Waals surface area contributed by atoms with Crippen molar-refractivity contribution in [3.63, 3.8) is 0 Å². The Bertz CT molecular complexity index is 463. The van der Waals surface area contributed by atoms with Gasteiger partial charge in [0.2, 0.25) is 5.91 Å². The Hall–Kier alpha value is -1.06. The molecule has 0 N–H and O–H groups in total. The number of hydrogen-bond acceptors (Lipinski definition) is 2. The monoisotopic (exact) mass is 322 g/mol. The predicted octanol–water partition coefficient (Wildman–Crippen LogP) is 3.37. The Morgan fingerprint density at radius 1 is 1.36 bits per heavy atom. The first-order valence-electron chi connectivity index (χ1n) is 8.22. The van der Waals surface area contributed by atoms with Gasteiger partial charge in [-0.3, -0.25) is 9.69 Å². The fourth-order valence-electron chi connectivity index (χ4n) is 3.24. The summed E-state index contributed by atoms with van der Waals surface area (Å²) in [5.41, 5.74) is 1.36. The minimum Gasteiger partial charge on any atom is -0.339 e. The smallest absolute Gasteiger partial charge is 0.237 e. The van der Waals surface area contributed by atoms with Crippen molar-refractivity contribution >= 4 is 17.5 Å². The first-order valence-corrected chi connectivity index (χ1v) is 8.75. The van der Waals surface area contributed by atoms with E-state index < -0.39 is 0 Å². The summed E-state index contributed by atoms with van der Waals surface area (Å²) in [4.78, 5) is 16.4. The molecular formula is C18H27ClN2O. The number of piperidine rings is 1. The average molecular weight is 323 g/mol. The van der Waals surface area contributed by atoms with Crippen molar-refractivity contribution in [3.8, 4) is 0 Å². The van der Waals surface area contributed by atoms with Crippen LogP contribution >= 0.6 is 11.6 Å². The van der Waals surface area contributed by atoms with Gasteiger partial charge >= 0.3 is 0 Å². The van der Waals surface area contributed by atoms with Gasteiger partial charge in [0.05, 0.1) is 0 Å². The minimum atomic E-state index is 0.0526. The van der Waals surface area contributed by atoms with Gasteiger partial charge in [0.15, 0.2) is 0 Å². The van der Waals surface area contributed by atoms with Crippen molar-refractivity contribution in [2.24, 2.45) is 5.92 Å². The van der Waals surface area contributed by atoms with Crippen LogP contribution in [-0.4, -0.2) is 47.3 Å². The van der Waals surface area contributed by atoms with Crippen LogP contribution in [0.15, 0.2) is 30.3 Å². The highest BCUT2D eigenvalue weighted by Gasteiger charge is 2.25. The Kier molecular flexibility index (Phi) is 6.71. The number of carbonyl (C=O) groups is 1. The number of hydrogen-bond donors (Lipinski definition) is 0. The maximum atomic E-state index is 12.0. The Balaban J connectivity index is 1.91. The normalized spacial score (nSPS) is 19.4. The lowest BCUT2D eigenvalue weighted by Gasteiger charge is -2.37. The molecule has 1 aliphatic rings. The molecule has 0 aliphatic carbocycles. The minimum absolute atomic E-state index is 0.0526. The van der Waals surface area contributed by atoms with Crippen LogP contribution in [0, 0.1) is 5.92 Å². The van der Waals surface area contributed by atoms with Gasteiger partial charge in [-0.1, -0.05) is 30.3 Å². The lowest BCUT2D eigenvalue weighted by molar-refractivity contribution is -0.131. The summed E-state index contributed by atoms with van der Waals surface area (Å²) in [6, 6.07) is 10.8. The Morgan fingerprint density at radius 3 is 2.73 bits per heavy atom. The molecule has 4 heteroatoms. The van der Waals surface area contributed by atoms with Crippen LogP contribution in [0.4, 0.5) is 0 Å². The van der Waals surface area contributed by atoms with Crippen LogP contribution in [0.3, 0.4) is 0 Å². The number of benzene rings is 1. The summed E-state index contributed by atoms with van der Waals surface area (Å²) in [5, 5.41) is 0. The molecule has 1 aliphatic heterocycles. The van der Waals surface area contributed by atoms with E-state index in [1.54, 1.807) is 0 Å². The van der Waals surface area contributed by atoms with Crippen molar-refractivity contribution in [1.29, 1.82) is 0 Å². The van der Waals surface area contributed by atoms with Gasteiger partial charge in [-0.25, -0.2) is 0 Å². The van der Waals surface area contributed by atoms with Crippen LogP contribution in [0.25, 0.3) is 0 Å². The summed E-state index contributed by atoms with van der Waals surface area (Å²) < 4.78 is 0. The number of alkyl halides is 1. The van der Waals surface area contributed by atoms with Crippen LogP contribution in [-0.2, 0) is 11.3 Å². The average Bonchev–Trinajstić information content (AvgIpc) is 2.53. The van der Waals surface area contributed by atoms with Gasteiger partial charge in [0.25, 0.3) is 0 Å². The van der Waals surface area contributed by atoms with Gasteiger partial charge in [0, 0.05) is 25.7 Å². The third-order valence-corrected chi connectivity index (χ3v) is 4.59. The summed E-state index contributed by atoms with van der Waals surface area (Å²) in [5.74, 6) is 0.683. The van der Waals surface area contributed by atoms with Gasteiger partial charge in [-0.15, -0.1) is 11.6 Å². The summed E-state index contributed by atoms with van der Waals surface area (Å²) in [7, 11) is 0. The maximum Gasteiger partial charge on any atom is 0.237 e. The van der Waals surface area contributed by atoms with E-state index in [4.69, 9.17) is 11.6 Å². The standard InChI is InChI=1S/C18H27ClN2O/c1-15(2)21(18(22)11-19)14-17-9-6-10-20(13-17)12-16-7-4-3-5-8-16/h3-5,7-8,15,17H,6,9-14H2,1-2H3/t17-/m0/s1. The van der Waals surface area contributed by atoms with Crippen molar-refractivity contribution in [3.05, 3.63) is 35.9 Å². The van der Waals surface area contributed by atoms with E-state index in [1.807, 2.05) is 4.90 Å². The van der Waals surface area contributed by atoms with Crippen LogP contribution in [0.1, 0.15) is 32.3 Å². The number of halogens is 1. The van der Waals surface area contributed by atoms with E-state index >= 15 is 0 Å². The molecule has 0 aromatic heterocycles. The molecule has 1 heterocycles. The van der Waals surface area contributed by atoms with Crippen LogP contribution in [0.5, 0.6) is 0 Å². The molecule has 0 spiro atoms. The van der Waals surface area contributed by atoms with Gasteiger partial charge in [-0.05, 0) is 44.7 Å². The zero-order chi connectivity index (χ0) is 15.9. The predicted molar refractivity (Wildman–Crippen MR) is 92.0 cm³/mol. The molecule has 2 rings (SSSR count). The lowest BCUT2D eigenvalue weighted by atomic mass is 9.96. The molecule has 1 aromatic carbocycles. The second kappa shape index (κ2) is 8.54. The highest BCUT2D eigenvalue weighted by molar-refractivity contribution is 6.27. The van der Waals surface area contributed by atoms with Crippen LogP contribution in [0.2, 0.25) is 0 Å². The van der Waals surface area contributed by atoms with E-state index in [9.17, 15) is 4.79 Å². The highest BCUT2D eigenvalue weighted by Crippen LogP contribution is 2.20. The second-order valence-corrected chi connectivity index (χ2v) is 6.77. The van der Waals surface area contributed by atoms with E-state index in [2.05, 4.69) is 49.1 Å². The molecule has 0 bridgehead atoms. The zero-order valence-corrected chi connectivity index (χ0v) is 14.4. The van der Waals surface area contributed by atoms with Gasteiger partial charge < -0.3 is 4.90 Å². The molecule has 0 radical (unpaired) electrons. The molecule has 1 fully saturated rings. The van der Waals surface area contributed by atoms with Crippen molar-refractivity contribution in [1.82, 2.24) is 9.80 Å². The van der Waals surface area contributed by atoms with Crippen LogP contribution < -0.4 is 0 Å². The lowest BCUT2D eigenvalue weighted by Crippen LogP contribution is -2.45. The second-order valence-electron chi connectivity index (χ2n) is 6.50. The summed E-state index contributed by atoms with van der Waals surface area (Å²) >= 11 is 5.74. The molecule has 1 aromatic rings. The first kappa shape index (κ1) is 17.3. The van der Waals surface area contributed by atoms with Gasteiger partial charge in [0.1, 0.15) is 5.88 Å². The van der Waals surface area contributed by atoms with Crippen molar-refractivity contribution < 1.29 is 4.79 Å². The molecule has 0 unspecified atom stereocenters. The third-order valence-electron chi connectivity index (χ3n) is 4.37. The molecular weight excluding hydrogens is 296 g/mol. The molecule has 1 atom stereocenters. The van der Waals surface area contributed by atoms with E-state index in [0.717, 1.165) is 26.2 Å². The Morgan fingerprint density at radius 2 is 2.09 bits per heavy atom. The quantitative estimate of drug-likeness (QED) is 0.750. The maximum absolute atomic E-state index is 12.0. The fraction of sp³-hybridized carbons (Fsp3) is 0.611. The zero-order valence-electron chi connectivity index (χ0n) is 13.7. The number of likely N-dealkylation sites (tertiary alicyclic amines) is 1. The summed E-state index contributed by atoms with van der Waals surface area (Å²) in [6.07, 6.45) is 2.41. The van der Waals surface area contributed by atoms with Crippen molar-refractivity contribution in [2.45, 2.75) is 39.3 Å². The molecule has 3 nitrogen and oxygen atoms in total. The summed E-state index contributed by atoms with van der Waals surface area (Å²) in [6.45, 7) is 8.17. The third kappa shape index (κ3) is 4.99. The van der Waals surface area contributed by atoms with Gasteiger partial charge in [-0.2, -0.15) is 0 Å².